The molecule has 0 saturated heterocycles. The highest BCUT2D eigenvalue weighted by Gasteiger charge is 2.34. The zero-order chi connectivity index (χ0) is 24.6. The molecule has 0 aliphatic carbocycles. The highest BCUT2D eigenvalue weighted by Crippen LogP contribution is 2.29. The maximum atomic E-state index is 13.7. The van der Waals surface area contributed by atoms with Crippen molar-refractivity contribution in [1.29, 1.82) is 5.26 Å². The largest absolute Gasteiger partial charge is 0.573 e. The van der Waals surface area contributed by atoms with E-state index in [-0.39, 0.29) is 12.1 Å². The Labute approximate surface area is 191 Å². The fraction of sp³-hybridized carbons (Fsp3) is 0.364. The van der Waals surface area contributed by atoms with Crippen LogP contribution in [0.5, 0.6) is 5.75 Å². The van der Waals surface area contributed by atoms with Crippen LogP contribution >= 0.6 is 0 Å². The molecule has 1 heterocycles. The Morgan fingerprint density at radius 2 is 1.79 bits per heavy atom. The highest BCUT2D eigenvalue weighted by molar-refractivity contribution is 5.92. The van der Waals surface area contributed by atoms with Gasteiger partial charge < -0.3 is 20.1 Å². The second kappa shape index (κ2) is 11.6. The van der Waals surface area contributed by atoms with Gasteiger partial charge in [0.1, 0.15) is 0 Å². The molecule has 3 aromatic rings. The van der Waals surface area contributed by atoms with Crippen molar-refractivity contribution in [2.75, 3.05) is 31.6 Å². The second-order valence-electron chi connectivity index (χ2n) is 7.33. The van der Waals surface area contributed by atoms with Crippen molar-refractivity contribution < 1.29 is 31.4 Å². The van der Waals surface area contributed by atoms with Crippen LogP contribution in [0.15, 0.2) is 30.5 Å². The third kappa shape index (κ3) is 7.29. The number of nitriles is 1. The first-order valence-corrected chi connectivity index (χ1v) is 10.4. The zero-order valence-electron chi connectivity index (χ0n) is 17.9. The van der Waals surface area contributed by atoms with Gasteiger partial charge >= 0.3 is 6.36 Å². The number of nitrogens with one attached hydrogen (secondary N) is 3. The van der Waals surface area contributed by atoms with Crippen molar-refractivity contribution in [2.45, 2.75) is 25.7 Å². The monoisotopic (exact) mass is 483 g/mol. The summed E-state index contributed by atoms with van der Waals surface area (Å²) in [5.74, 6) is -4.29. The molecule has 0 fully saturated rings. The fourth-order valence-electron chi connectivity index (χ4n) is 3.24. The summed E-state index contributed by atoms with van der Waals surface area (Å²) in [5, 5.41) is 23.0. The van der Waals surface area contributed by atoms with Crippen LogP contribution in [0.25, 0.3) is 10.9 Å². The van der Waals surface area contributed by atoms with Crippen LogP contribution in [0.2, 0.25) is 0 Å². The number of halogens is 5. The number of hydrogen-bond acceptors (Lipinski definition) is 6. The Kier molecular flexibility index (Phi) is 8.61. The molecule has 3 N–H and O–H groups in total. The lowest BCUT2D eigenvalue weighted by Crippen LogP contribution is -2.20. The molecule has 34 heavy (non-hydrogen) atoms. The summed E-state index contributed by atoms with van der Waals surface area (Å²) in [4.78, 5) is 0. The van der Waals surface area contributed by atoms with Gasteiger partial charge in [0, 0.05) is 30.8 Å². The summed E-state index contributed by atoms with van der Waals surface area (Å²) in [7, 11) is 0. The minimum Gasteiger partial charge on any atom is -0.399 e. The number of aromatic nitrogens is 2. The fourth-order valence-corrected chi connectivity index (χ4v) is 3.24. The number of aromatic amines is 1. The van der Waals surface area contributed by atoms with Crippen LogP contribution < -0.4 is 15.4 Å². The maximum absolute atomic E-state index is 13.7. The molecular weight excluding hydrogens is 461 g/mol. The molecule has 3 rings (SSSR count). The predicted molar refractivity (Wildman–Crippen MR) is 114 cm³/mol. The van der Waals surface area contributed by atoms with E-state index in [2.05, 4.69) is 31.6 Å². The molecule has 0 aliphatic rings. The summed E-state index contributed by atoms with van der Waals surface area (Å²) in [6.45, 7) is 2.13. The van der Waals surface area contributed by atoms with Crippen molar-refractivity contribution >= 4 is 16.6 Å². The minimum absolute atomic E-state index is 0.0924. The van der Waals surface area contributed by atoms with E-state index in [0.29, 0.717) is 31.9 Å². The van der Waals surface area contributed by atoms with Gasteiger partial charge in [-0.15, -0.1) is 13.2 Å². The zero-order valence-corrected chi connectivity index (χ0v) is 17.9. The van der Waals surface area contributed by atoms with Crippen molar-refractivity contribution in [3.8, 4) is 11.8 Å². The van der Waals surface area contributed by atoms with E-state index in [9.17, 15) is 22.0 Å². The minimum atomic E-state index is -5.17. The van der Waals surface area contributed by atoms with E-state index in [1.807, 2.05) is 0 Å². The van der Waals surface area contributed by atoms with Crippen LogP contribution in [0.4, 0.5) is 27.6 Å². The van der Waals surface area contributed by atoms with Crippen LogP contribution in [0.3, 0.4) is 0 Å². The van der Waals surface area contributed by atoms with E-state index in [1.165, 1.54) is 0 Å². The summed E-state index contributed by atoms with van der Waals surface area (Å²) >= 11 is 0. The average molecular weight is 483 g/mol. The molecule has 0 saturated carbocycles. The molecule has 2 aromatic carbocycles. The third-order valence-corrected chi connectivity index (χ3v) is 4.75. The SMILES string of the molecule is N#Cc1cc(NCCOCCCCNCc2cc(F)c(OC(F)(F)F)c(F)c2)c2cn[nH]c2c1. The van der Waals surface area contributed by atoms with Crippen LogP contribution in [-0.4, -0.2) is 42.9 Å². The van der Waals surface area contributed by atoms with Crippen LogP contribution in [0, 0.1) is 23.0 Å². The number of unbranched alkanes of at least 4 members (excludes halogenated alkanes) is 1. The van der Waals surface area contributed by atoms with E-state index >= 15 is 0 Å². The standard InChI is InChI=1S/C22H22F5N5O2/c23-17-7-15(8-18(24)21(17)34-22(25,26)27)12-29-3-1-2-5-33-6-4-30-19-9-14(11-28)10-20-16(19)13-31-32-20/h7-10,13,29-30H,1-6,12H2,(H,31,32). The lowest BCUT2D eigenvalue weighted by molar-refractivity contribution is -0.276. The van der Waals surface area contributed by atoms with Gasteiger partial charge in [-0.2, -0.15) is 10.4 Å². The highest BCUT2D eigenvalue weighted by atomic mass is 19.4. The Morgan fingerprint density at radius 3 is 2.50 bits per heavy atom. The molecule has 0 spiro atoms. The van der Waals surface area contributed by atoms with Gasteiger partial charge in [-0.3, -0.25) is 5.10 Å². The molecule has 0 amide bonds. The number of nitrogens with zero attached hydrogens (tertiary/aromatic N) is 2. The van der Waals surface area contributed by atoms with Crippen molar-refractivity contribution in [3.05, 3.63) is 53.2 Å². The van der Waals surface area contributed by atoms with E-state index < -0.39 is 23.7 Å². The Balaban J connectivity index is 1.29. The Bertz CT molecular complexity index is 1120. The first-order valence-electron chi connectivity index (χ1n) is 10.4. The van der Waals surface area contributed by atoms with Gasteiger partial charge in [0.25, 0.3) is 0 Å². The number of ether oxygens (including phenoxy) is 2. The smallest absolute Gasteiger partial charge is 0.399 e. The summed E-state index contributed by atoms with van der Waals surface area (Å²) < 4.78 is 72.8. The lowest BCUT2D eigenvalue weighted by Gasteiger charge is -2.12. The summed E-state index contributed by atoms with van der Waals surface area (Å²) in [6.07, 6.45) is -2.02. The van der Waals surface area contributed by atoms with Crippen molar-refractivity contribution in [2.24, 2.45) is 0 Å². The molecule has 7 nitrogen and oxygen atoms in total. The van der Waals surface area contributed by atoms with Gasteiger partial charge in [-0.25, -0.2) is 8.78 Å². The molecule has 0 aliphatic heterocycles. The molecule has 1 aromatic heterocycles. The van der Waals surface area contributed by atoms with E-state index in [0.717, 1.165) is 41.6 Å². The quantitative estimate of drug-likeness (QED) is 0.257. The molecule has 0 atom stereocenters. The van der Waals surface area contributed by atoms with Crippen molar-refractivity contribution in [3.63, 3.8) is 0 Å². The summed E-state index contributed by atoms with van der Waals surface area (Å²) in [6, 6.07) is 7.18. The number of benzene rings is 2. The lowest BCUT2D eigenvalue weighted by atomic mass is 10.1. The van der Waals surface area contributed by atoms with E-state index in [1.54, 1.807) is 18.3 Å². The number of H-pyrrole nitrogens is 1. The first-order chi connectivity index (χ1) is 16.3. The second-order valence-corrected chi connectivity index (χ2v) is 7.33. The van der Waals surface area contributed by atoms with Crippen LogP contribution in [0.1, 0.15) is 24.0 Å². The Morgan fingerprint density at radius 1 is 1.03 bits per heavy atom. The average Bonchev–Trinajstić information content (AvgIpc) is 3.25. The van der Waals surface area contributed by atoms with Gasteiger partial charge in [0.15, 0.2) is 11.6 Å². The maximum Gasteiger partial charge on any atom is 0.573 e. The first kappa shape index (κ1) is 25.2. The third-order valence-electron chi connectivity index (χ3n) is 4.75. The molecular formula is C22H22F5N5O2. The molecule has 182 valence electrons. The predicted octanol–water partition coefficient (Wildman–Crippen LogP) is 4.61. The topological polar surface area (TPSA) is 95.0 Å². The van der Waals surface area contributed by atoms with E-state index in [4.69, 9.17) is 10.00 Å². The van der Waals surface area contributed by atoms with Gasteiger partial charge in [-0.1, -0.05) is 0 Å². The normalized spacial score (nSPS) is 11.5. The number of fused-ring (bicyclic) bond motifs is 1. The van der Waals surface area contributed by atoms with Gasteiger partial charge in [0.2, 0.25) is 5.75 Å². The van der Waals surface area contributed by atoms with Gasteiger partial charge in [-0.05, 0) is 49.2 Å². The molecule has 0 unspecified atom stereocenters. The number of hydrogen-bond donors (Lipinski definition) is 3. The van der Waals surface area contributed by atoms with Gasteiger partial charge in [0.05, 0.1) is 30.0 Å². The number of alkyl halides is 3. The number of anilines is 1. The number of rotatable bonds is 12. The molecule has 12 heteroatoms. The van der Waals surface area contributed by atoms with Crippen molar-refractivity contribution in [1.82, 2.24) is 15.5 Å². The Hall–Kier alpha value is -3.43. The van der Waals surface area contributed by atoms with Crippen LogP contribution in [-0.2, 0) is 11.3 Å². The molecule has 0 radical (unpaired) electrons. The molecule has 0 bridgehead atoms. The summed E-state index contributed by atoms with van der Waals surface area (Å²) in [5.41, 5.74) is 2.25.